The van der Waals surface area contributed by atoms with Gasteiger partial charge in [0.05, 0.1) is 16.3 Å². The van der Waals surface area contributed by atoms with Gasteiger partial charge in [0.1, 0.15) is 0 Å². The van der Waals surface area contributed by atoms with Crippen LogP contribution in [0.3, 0.4) is 0 Å². The highest BCUT2D eigenvalue weighted by Crippen LogP contribution is 2.23. The van der Waals surface area contributed by atoms with Crippen molar-refractivity contribution in [3.05, 3.63) is 76.3 Å². The summed E-state index contributed by atoms with van der Waals surface area (Å²) in [7, 11) is 0. The molecule has 7 heteroatoms. The van der Waals surface area contributed by atoms with Gasteiger partial charge in [0.2, 0.25) is 0 Å². The third-order valence-electron chi connectivity index (χ3n) is 3.60. The molecule has 26 heavy (non-hydrogen) atoms. The van der Waals surface area contributed by atoms with Crippen molar-refractivity contribution < 1.29 is 9.59 Å². The lowest BCUT2D eigenvalue weighted by Crippen LogP contribution is -2.32. The first-order valence-electron chi connectivity index (χ1n) is 7.62. The number of amides is 2. The van der Waals surface area contributed by atoms with Crippen molar-refractivity contribution in [2.45, 2.75) is 0 Å². The Bertz CT molecular complexity index is 993. The summed E-state index contributed by atoms with van der Waals surface area (Å²) >= 11 is 12.0. The van der Waals surface area contributed by atoms with Crippen LogP contribution in [0, 0.1) is 0 Å². The summed E-state index contributed by atoms with van der Waals surface area (Å²) in [6.07, 6.45) is 1.29. The number of anilines is 1. The van der Waals surface area contributed by atoms with Crippen LogP contribution >= 0.6 is 23.2 Å². The number of rotatable bonds is 3. The molecule has 0 aliphatic carbocycles. The van der Waals surface area contributed by atoms with Gasteiger partial charge in [-0.1, -0.05) is 65.7 Å². The molecule has 3 aromatic carbocycles. The summed E-state index contributed by atoms with van der Waals surface area (Å²) in [6, 6.07) is 18.0. The quantitative estimate of drug-likeness (QED) is 0.402. The van der Waals surface area contributed by atoms with Crippen LogP contribution in [0.2, 0.25) is 10.0 Å². The van der Waals surface area contributed by atoms with Crippen LogP contribution in [0.5, 0.6) is 0 Å². The fraction of sp³-hybridized carbons (Fsp3) is 0. The number of carbonyl (C=O) groups excluding carboxylic acids is 2. The van der Waals surface area contributed by atoms with Gasteiger partial charge in [0.25, 0.3) is 0 Å². The molecular formula is C19H13Cl2N3O2. The van der Waals surface area contributed by atoms with Crippen LogP contribution in [0.4, 0.5) is 5.69 Å². The molecule has 2 amide bonds. The van der Waals surface area contributed by atoms with E-state index in [2.05, 4.69) is 15.8 Å². The number of carbonyl (C=O) groups is 2. The first-order valence-corrected chi connectivity index (χ1v) is 8.38. The fourth-order valence-corrected chi connectivity index (χ4v) is 2.85. The SMILES string of the molecule is O=C(N/N=C/c1c(Cl)cccc1Cl)C(=O)Nc1cccc2ccccc12. The number of nitrogens with zero attached hydrogens (tertiary/aromatic N) is 1. The van der Waals surface area contributed by atoms with Crippen LogP contribution in [0.1, 0.15) is 5.56 Å². The van der Waals surface area contributed by atoms with E-state index in [0.717, 1.165) is 10.8 Å². The Balaban J connectivity index is 1.68. The number of hydrogen-bond donors (Lipinski definition) is 2. The molecule has 0 saturated carbocycles. The average molecular weight is 386 g/mol. The Morgan fingerprint density at radius 3 is 2.27 bits per heavy atom. The predicted molar refractivity (Wildman–Crippen MR) is 105 cm³/mol. The third kappa shape index (κ3) is 4.02. The van der Waals surface area contributed by atoms with Gasteiger partial charge in [-0.3, -0.25) is 9.59 Å². The first kappa shape index (κ1) is 17.9. The highest BCUT2D eigenvalue weighted by atomic mass is 35.5. The maximum Gasteiger partial charge on any atom is 0.329 e. The molecule has 5 nitrogen and oxygen atoms in total. The van der Waals surface area contributed by atoms with Gasteiger partial charge in [-0.15, -0.1) is 0 Å². The minimum atomic E-state index is -0.905. The van der Waals surface area contributed by atoms with Gasteiger partial charge < -0.3 is 5.32 Å². The number of hydrogen-bond acceptors (Lipinski definition) is 3. The lowest BCUT2D eigenvalue weighted by atomic mass is 10.1. The van der Waals surface area contributed by atoms with E-state index in [-0.39, 0.29) is 0 Å². The van der Waals surface area contributed by atoms with E-state index in [1.54, 1.807) is 30.3 Å². The number of nitrogens with one attached hydrogen (secondary N) is 2. The predicted octanol–water partition coefficient (Wildman–Crippen LogP) is 4.24. The average Bonchev–Trinajstić information content (AvgIpc) is 2.64. The van der Waals surface area contributed by atoms with Crippen molar-refractivity contribution in [3.8, 4) is 0 Å². The molecule has 0 aromatic heterocycles. The summed E-state index contributed by atoms with van der Waals surface area (Å²) in [5, 5.41) is 8.87. The molecule has 0 aliphatic heterocycles. The lowest BCUT2D eigenvalue weighted by Gasteiger charge is -2.07. The molecule has 0 saturated heterocycles. The van der Waals surface area contributed by atoms with Gasteiger partial charge >= 0.3 is 11.8 Å². The van der Waals surface area contributed by atoms with E-state index in [1.807, 2.05) is 30.3 Å². The zero-order valence-electron chi connectivity index (χ0n) is 13.4. The molecule has 0 bridgehead atoms. The topological polar surface area (TPSA) is 70.6 Å². The molecule has 0 heterocycles. The minimum absolute atomic E-state index is 0.385. The summed E-state index contributed by atoms with van der Waals surface area (Å²) in [5.74, 6) is -1.74. The number of benzene rings is 3. The number of halogens is 2. The smallest absolute Gasteiger partial charge is 0.317 e. The molecule has 3 rings (SSSR count). The van der Waals surface area contributed by atoms with Crippen LogP contribution < -0.4 is 10.7 Å². The van der Waals surface area contributed by atoms with Gasteiger partial charge in [0.15, 0.2) is 0 Å². The fourth-order valence-electron chi connectivity index (χ4n) is 2.35. The van der Waals surface area contributed by atoms with Crippen LogP contribution in [-0.4, -0.2) is 18.0 Å². The maximum absolute atomic E-state index is 12.1. The largest absolute Gasteiger partial charge is 0.329 e. The van der Waals surface area contributed by atoms with Gasteiger partial charge in [0, 0.05) is 16.6 Å². The van der Waals surface area contributed by atoms with Crippen LogP contribution in [0.25, 0.3) is 10.8 Å². The van der Waals surface area contributed by atoms with Gasteiger partial charge in [-0.05, 0) is 23.6 Å². The molecule has 0 atom stereocenters. The highest BCUT2D eigenvalue weighted by Gasteiger charge is 2.14. The lowest BCUT2D eigenvalue weighted by molar-refractivity contribution is -0.136. The summed E-state index contributed by atoms with van der Waals surface area (Å²) in [6.45, 7) is 0. The Morgan fingerprint density at radius 2 is 1.50 bits per heavy atom. The van der Waals surface area contributed by atoms with Crippen LogP contribution in [0.15, 0.2) is 65.8 Å². The summed E-state index contributed by atoms with van der Waals surface area (Å²) < 4.78 is 0. The molecular weight excluding hydrogens is 373 g/mol. The normalized spacial score (nSPS) is 10.8. The molecule has 0 spiro atoms. The molecule has 2 N–H and O–H groups in total. The molecule has 0 aliphatic rings. The second-order valence-electron chi connectivity index (χ2n) is 5.32. The first-order chi connectivity index (χ1) is 12.6. The van der Waals surface area contributed by atoms with Crippen molar-refractivity contribution in [1.82, 2.24) is 5.43 Å². The van der Waals surface area contributed by atoms with Crippen molar-refractivity contribution in [2.24, 2.45) is 5.10 Å². The Hall–Kier alpha value is -2.89. The Morgan fingerprint density at radius 1 is 0.846 bits per heavy atom. The van der Waals surface area contributed by atoms with Crippen molar-refractivity contribution in [1.29, 1.82) is 0 Å². The molecule has 0 unspecified atom stereocenters. The van der Waals surface area contributed by atoms with E-state index >= 15 is 0 Å². The Kier molecular flexibility index (Phi) is 5.51. The van der Waals surface area contributed by atoms with Crippen LogP contribution in [-0.2, 0) is 9.59 Å². The van der Waals surface area contributed by atoms with E-state index in [4.69, 9.17) is 23.2 Å². The minimum Gasteiger partial charge on any atom is -0.317 e. The van der Waals surface area contributed by atoms with Crippen molar-refractivity contribution in [2.75, 3.05) is 5.32 Å². The van der Waals surface area contributed by atoms with Crippen molar-refractivity contribution in [3.63, 3.8) is 0 Å². The van der Waals surface area contributed by atoms with E-state index in [9.17, 15) is 9.59 Å². The standard InChI is InChI=1S/C19H13Cl2N3O2/c20-15-8-4-9-16(21)14(15)11-22-24-19(26)18(25)23-17-10-3-6-12-5-1-2-7-13(12)17/h1-11H,(H,23,25)(H,24,26)/b22-11+. The molecule has 0 radical (unpaired) electrons. The highest BCUT2D eigenvalue weighted by molar-refractivity contribution is 6.40. The zero-order valence-corrected chi connectivity index (χ0v) is 14.9. The van der Waals surface area contributed by atoms with E-state index in [0.29, 0.717) is 21.3 Å². The second-order valence-corrected chi connectivity index (χ2v) is 6.13. The summed E-state index contributed by atoms with van der Waals surface area (Å²) in [4.78, 5) is 24.0. The van der Waals surface area contributed by atoms with Gasteiger partial charge in [-0.25, -0.2) is 5.43 Å². The molecule has 0 fully saturated rings. The van der Waals surface area contributed by atoms with E-state index in [1.165, 1.54) is 6.21 Å². The molecule has 3 aromatic rings. The summed E-state index contributed by atoms with van der Waals surface area (Å²) in [5.41, 5.74) is 3.15. The van der Waals surface area contributed by atoms with Gasteiger partial charge in [-0.2, -0.15) is 5.10 Å². The Labute approximate surface area is 159 Å². The maximum atomic E-state index is 12.1. The zero-order chi connectivity index (χ0) is 18.5. The molecule has 130 valence electrons. The number of hydrazone groups is 1. The second kappa shape index (κ2) is 7.99. The third-order valence-corrected chi connectivity index (χ3v) is 4.26. The van der Waals surface area contributed by atoms with E-state index < -0.39 is 11.8 Å². The monoisotopic (exact) mass is 385 g/mol. The number of fused-ring (bicyclic) bond motifs is 1. The van der Waals surface area contributed by atoms with Crippen molar-refractivity contribution >= 4 is 57.7 Å².